The molecule has 4 aromatic rings. The summed E-state index contributed by atoms with van der Waals surface area (Å²) in [6.45, 7) is 12.6. The monoisotopic (exact) mass is 607 g/mol. The summed E-state index contributed by atoms with van der Waals surface area (Å²) in [4.78, 5) is 5.15. The molecule has 1 aromatic heterocycles. The van der Waals surface area contributed by atoms with E-state index in [1.807, 2.05) is 0 Å². The van der Waals surface area contributed by atoms with Crippen molar-refractivity contribution in [1.82, 2.24) is 4.98 Å². The molecule has 1 saturated heterocycles. The normalized spacial score (nSPS) is 15.3. The number of benzene rings is 3. The van der Waals surface area contributed by atoms with Crippen molar-refractivity contribution in [3.63, 3.8) is 0 Å². The number of aryl methyl sites for hydroxylation is 2. The van der Waals surface area contributed by atoms with Gasteiger partial charge in [-0.25, -0.2) is 0 Å². The van der Waals surface area contributed by atoms with Crippen molar-refractivity contribution < 1.29 is 5.63 Å². The molecule has 158 valence electrons. The first-order valence-electron chi connectivity index (χ1n) is 10.8. The van der Waals surface area contributed by atoms with Crippen molar-refractivity contribution in [2.45, 2.75) is 40.0 Å². The van der Waals surface area contributed by atoms with Gasteiger partial charge in [-0.1, -0.05) is 0 Å². The standard InChI is InChI=1S/C25H24N.C2H4O2.Bi/c1-16-12-17(2)20-10-11-23(26-24(20)13-16)19-14-18-8-6-7-9-21(18)22(15-19)25(3,4)5;3-1-2-4;/h6-9,11-15H,1-5H3;1-2H2;/q;-2;+2. The van der Waals surface area contributed by atoms with Crippen LogP contribution in [0.1, 0.15) is 37.5 Å². The third-order valence-electron chi connectivity index (χ3n) is 5.89. The molecule has 0 saturated carbocycles. The molecular weight excluding hydrogens is 579 g/mol. The molecule has 3 aromatic carbocycles. The van der Waals surface area contributed by atoms with E-state index < -0.39 is 22.6 Å². The van der Waals surface area contributed by atoms with Gasteiger partial charge < -0.3 is 0 Å². The van der Waals surface area contributed by atoms with Crippen molar-refractivity contribution in [2.75, 3.05) is 13.2 Å². The number of pyridine rings is 1. The van der Waals surface area contributed by atoms with E-state index in [1.165, 1.54) is 36.1 Å². The maximum absolute atomic E-state index is 6.13. The first kappa shape index (κ1) is 21.0. The average molecular weight is 608 g/mol. The van der Waals surface area contributed by atoms with Gasteiger partial charge in [0.15, 0.2) is 0 Å². The zero-order chi connectivity index (χ0) is 21.8. The number of hydrogen-bond acceptors (Lipinski definition) is 3. The fourth-order valence-electron chi connectivity index (χ4n) is 4.52. The molecule has 0 spiro atoms. The Balaban J connectivity index is 1.80. The Bertz CT molecular complexity index is 1300. The van der Waals surface area contributed by atoms with Gasteiger partial charge >= 0.3 is 194 Å². The molecule has 0 aliphatic carbocycles. The van der Waals surface area contributed by atoms with E-state index in [4.69, 9.17) is 10.6 Å². The van der Waals surface area contributed by atoms with E-state index in [1.54, 1.807) is 0 Å². The summed E-state index contributed by atoms with van der Waals surface area (Å²) in [5.41, 5.74) is 7.10. The van der Waals surface area contributed by atoms with E-state index >= 15 is 0 Å². The van der Waals surface area contributed by atoms with Gasteiger partial charge in [0.2, 0.25) is 0 Å². The quantitative estimate of drug-likeness (QED) is 0.274. The number of aromatic nitrogens is 1. The predicted molar refractivity (Wildman–Crippen MR) is 130 cm³/mol. The second kappa shape index (κ2) is 7.92. The van der Waals surface area contributed by atoms with E-state index in [2.05, 4.69) is 89.2 Å². The summed E-state index contributed by atoms with van der Waals surface area (Å²) in [7, 11) is 0. The fraction of sp³-hybridized carbons (Fsp3) is 0.296. The molecule has 1 fully saturated rings. The molecular formula is C27H28BiNO2. The second-order valence-corrected chi connectivity index (χ2v) is 15.3. The maximum atomic E-state index is 6.13. The SMILES string of the molecule is Cc1cc(C)c2[c]([Bi]3[O]CC[O]3)cc(-c3cc(C(C)(C)C)c4ccccc4c3)nc2c1. The number of rotatable bonds is 2. The van der Waals surface area contributed by atoms with Crippen LogP contribution in [0.5, 0.6) is 0 Å². The van der Waals surface area contributed by atoms with Crippen LogP contribution >= 0.6 is 0 Å². The van der Waals surface area contributed by atoms with Crippen LogP contribution in [0, 0.1) is 13.8 Å². The van der Waals surface area contributed by atoms with Gasteiger partial charge in [0, 0.05) is 0 Å². The minimum absolute atomic E-state index is 0.0407. The van der Waals surface area contributed by atoms with Gasteiger partial charge in [0.1, 0.15) is 0 Å². The van der Waals surface area contributed by atoms with Gasteiger partial charge in [-0.2, -0.15) is 0 Å². The second-order valence-electron chi connectivity index (χ2n) is 9.42. The van der Waals surface area contributed by atoms with E-state index in [-0.39, 0.29) is 5.41 Å². The van der Waals surface area contributed by atoms with Gasteiger partial charge in [0.05, 0.1) is 0 Å². The Morgan fingerprint density at radius 1 is 0.903 bits per heavy atom. The number of hydrogen-bond donors (Lipinski definition) is 0. The van der Waals surface area contributed by atoms with Crippen LogP contribution in [-0.4, -0.2) is 40.8 Å². The molecule has 0 unspecified atom stereocenters. The summed E-state index contributed by atoms with van der Waals surface area (Å²) in [5, 5.41) is 3.80. The van der Waals surface area contributed by atoms with E-state index in [9.17, 15) is 0 Å². The molecule has 0 bridgehead atoms. The molecule has 4 heteroatoms. The Labute approximate surface area is 193 Å². The summed E-state index contributed by atoms with van der Waals surface area (Å²) < 4.78 is 13.5. The van der Waals surface area contributed by atoms with Crippen molar-refractivity contribution in [3.8, 4) is 11.3 Å². The Morgan fingerprint density at radius 2 is 1.65 bits per heavy atom. The molecule has 0 radical (unpaired) electrons. The van der Waals surface area contributed by atoms with Gasteiger partial charge in [-0.05, 0) is 0 Å². The van der Waals surface area contributed by atoms with Crippen molar-refractivity contribution in [3.05, 3.63) is 71.3 Å². The molecule has 31 heavy (non-hydrogen) atoms. The zero-order valence-corrected chi connectivity index (χ0v) is 22.3. The molecule has 5 rings (SSSR count). The molecule has 2 heterocycles. The third-order valence-corrected chi connectivity index (χ3v) is 12.0. The average Bonchev–Trinajstić information content (AvgIpc) is 3.26. The van der Waals surface area contributed by atoms with Crippen LogP contribution in [0.25, 0.3) is 32.9 Å². The Morgan fingerprint density at radius 3 is 2.39 bits per heavy atom. The third kappa shape index (κ3) is 3.91. The van der Waals surface area contributed by atoms with Gasteiger partial charge in [-0.3, -0.25) is 0 Å². The van der Waals surface area contributed by atoms with Crippen LogP contribution in [-0.2, 0) is 11.0 Å². The van der Waals surface area contributed by atoms with E-state index in [0.29, 0.717) is 13.2 Å². The summed E-state index contributed by atoms with van der Waals surface area (Å²) in [6.07, 6.45) is 0. The van der Waals surface area contributed by atoms with Crippen molar-refractivity contribution in [2.24, 2.45) is 0 Å². The Hall–Kier alpha value is -1.87. The number of fused-ring (bicyclic) bond motifs is 2. The molecule has 0 N–H and O–H groups in total. The van der Waals surface area contributed by atoms with Crippen LogP contribution < -0.4 is 3.27 Å². The minimum atomic E-state index is -2.66. The number of nitrogens with zero attached hydrogens (tertiary/aromatic N) is 1. The summed E-state index contributed by atoms with van der Waals surface area (Å²) >= 11 is -2.66. The van der Waals surface area contributed by atoms with Gasteiger partial charge in [-0.15, -0.1) is 0 Å². The van der Waals surface area contributed by atoms with Crippen LogP contribution in [0.3, 0.4) is 0 Å². The predicted octanol–water partition coefficient (Wildman–Crippen LogP) is 5.71. The van der Waals surface area contributed by atoms with Gasteiger partial charge in [0.25, 0.3) is 0 Å². The first-order chi connectivity index (χ1) is 14.8. The van der Waals surface area contributed by atoms with E-state index in [0.717, 1.165) is 16.8 Å². The topological polar surface area (TPSA) is 31.4 Å². The zero-order valence-electron chi connectivity index (χ0n) is 18.8. The molecule has 1 aliphatic heterocycles. The van der Waals surface area contributed by atoms with Crippen LogP contribution in [0.2, 0.25) is 0 Å². The Kier molecular flexibility index (Phi) is 5.37. The van der Waals surface area contributed by atoms with Crippen LogP contribution in [0.15, 0.2) is 54.6 Å². The molecule has 3 nitrogen and oxygen atoms in total. The molecule has 0 amide bonds. The molecule has 0 atom stereocenters. The summed E-state index contributed by atoms with van der Waals surface area (Å²) in [5.74, 6) is 0. The van der Waals surface area contributed by atoms with Crippen molar-refractivity contribution in [1.29, 1.82) is 0 Å². The summed E-state index contributed by atoms with van der Waals surface area (Å²) in [6, 6.07) is 19.9. The first-order valence-corrected chi connectivity index (χ1v) is 15.4. The van der Waals surface area contributed by atoms with Crippen LogP contribution in [0.4, 0.5) is 0 Å². The molecule has 1 aliphatic rings. The van der Waals surface area contributed by atoms with Crippen molar-refractivity contribution >= 4 is 47.6 Å². The fourth-order valence-corrected chi connectivity index (χ4v) is 10.5.